The van der Waals surface area contributed by atoms with Crippen LogP contribution < -0.4 is 10.5 Å². The molecule has 2 aliphatic rings. The van der Waals surface area contributed by atoms with E-state index >= 15 is 0 Å². The lowest BCUT2D eigenvalue weighted by atomic mass is 9.91. The minimum atomic E-state index is 0.772. The molecule has 1 heterocycles. The van der Waals surface area contributed by atoms with E-state index in [1.807, 2.05) is 0 Å². The highest BCUT2D eigenvalue weighted by molar-refractivity contribution is 5.39. The topological polar surface area (TPSA) is 38.5 Å². The molecule has 0 atom stereocenters. The lowest BCUT2D eigenvalue weighted by Gasteiger charge is -2.37. The van der Waals surface area contributed by atoms with Crippen molar-refractivity contribution in [2.45, 2.75) is 38.1 Å². The molecule has 0 amide bonds. The van der Waals surface area contributed by atoms with Gasteiger partial charge in [0.25, 0.3) is 0 Å². The molecule has 0 saturated heterocycles. The number of ether oxygens (including phenoxy) is 1. The van der Waals surface area contributed by atoms with Crippen LogP contribution >= 0.6 is 0 Å². The summed E-state index contributed by atoms with van der Waals surface area (Å²) in [6, 6.07) is 7.46. The van der Waals surface area contributed by atoms with Gasteiger partial charge in [0.1, 0.15) is 5.75 Å². The van der Waals surface area contributed by atoms with Crippen LogP contribution in [0.5, 0.6) is 5.75 Å². The summed E-state index contributed by atoms with van der Waals surface area (Å²) in [7, 11) is 0. The Labute approximate surface area is 115 Å². The van der Waals surface area contributed by atoms with Crippen LogP contribution in [-0.4, -0.2) is 37.2 Å². The van der Waals surface area contributed by atoms with Crippen molar-refractivity contribution in [2.75, 3.05) is 26.2 Å². The van der Waals surface area contributed by atoms with Crippen LogP contribution in [0.3, 0.4) is 0 Å². The Hall–Kier alpha value is -1.06. The summed E-state index contributed by atoms with van der Waals surface area (Å²) in [6.45, 7) is 3.80. The normalized spacial score (nSPS) is 18.2. The van der Waals surface area contributed by atoms with Gasteiger partial charge < -0.3 is 10.5 Å². The number of fused-ring (bicyclic) bond motifs is 1. The maximum Gasteiger partial charge on any atom is 0.122 e. The molecule has 2 N–H and O–H groups in total. The maximum absolute atomic E-state index is 5.73. The summed E-state index contributed by atoms with van der Waals surface area (Å²) in [5.41, 5.74) is 8.55. The molecule has 1 aromatic carbocycles. The first-order valence-electron chi connectivity index (χ1n) is 7.55. The van der Waals surface area contributed by atoms with E-state index in [4.69, 9.17) is 10.5 Å². The van der Waals surface area contributed by atoms with Crippen LogP contribution in [0.25, 0.3) is 0 Å². The van der Waals surface area contributed by atoms with Crippen molar-refractivity contribution < 1.29 is 4.74 Å². The van der Waals surface area contributed by atoms with Crippen molar-refractivity contribution in [2.24, 2.45) is 5.73 Å². The summed E-state index contributed by atoms with van der Waals surface area (Å²) in [5.74, 6) is 1.08. The maximum atomic E-state index is 5.73. The average Bonchev–Trinajstić information content (AvgIpc) is 2.81. The Morgan fingerprint density at radius 2 is 2.16 bits per heavy atom. The molecule has 1 aliphatic heterocycles. The molecule has 3 heteroatoms. The van der Waals surface area contributed by atoms with E-state index in [1.165, 1.54) is 30.4 Å². The van der Waals surface area contributed by atoms with Crippen LogP contribution in [0.4, 0.5) is 0 Å². The third kappa shape index (κ3) is 2.93. The van der Waals surface area contributed by atoms with E-state index in [2.05, 4.69) is 23.1 Å². The minimum absolute atomic E-state index is 0.772. The molecule has 0 radical (unpaired) electrons. The Morgan fingerprint density at radius 1 is 1.26 bits per heavy atom. The zero-order valence-corrected chi connectivity index (χ0v) is 11.6. The molecular weight excluding hydrogens is 236 g/mol. The number of rotatable bonds is 6. The Bertz CT molecular complexity index is 429. The third-order valence-corrected chi connectivity index (χ3v) is 4.45. The van der Waals surface area contributed by atoms with Gasteiger partial charge in [-0.2, -0.15) is 0 Å². The van der Waals surface area contributed by atoms with Gasteiger partial charge in [-0.1, -0.05) is 18.6 Å². The minimum Gasteiger partial charge on any atom is -0.493 e. The fourth-order valence-corrected chi connectivity index (χ4v) is 3.06. The van der Waals surface area contributed by atoms with Crippen molar-refractivity contribution in [3.8, 4) is 5.75 Å². The highest BCUT2D eigenvalue weighted by atomic mass is 16.5. The summed E-state index contributed by atoms with van der Waals surface area (Å²) in [4.78, 5) is 2.58. The Balaban J connectivity index is 1.58. The first-order chi connectivity index (χ1) is 9.36. The molecular formula is C16H24N2O. The van der Waals surface area contributed by atoms with Crippen molar-refractivity contribution in [3.63, 3.8) is 0 Å². The number of hydrogen-bond donors (Lipinski definition) is 1. The van der Waals surface area contributed by atoms with Gasteiger partial charge in [-0.15, -0.1) is 0 Å². The number of benzene rings is 1. The summed E-state index contributed by atoms with van der Waals surface area (Å²) in [6.07, 6.45) is 6.31. The van der Waals surface area contributed by atoms with Gasteiger partial charge in [0.05, 0.1) is 6.61 Å². The van der Waals surface area contributed by atoms with Gasteiger partial charge in [0.15, 0.2) is 0 Å². The molecule has 3 rings (SSSR count). The molecule has 0 aromatic heterocycles. The largest absolute Gasteiger partial charge is 0.493 e. The Morgan fingerprint density at radius 3 is 2.89 bits per heavy atom. The van der Waals surface area contributed by atoms with E-state index in [1.54, 1.807) is 0 Å². The predicted molar refractivity (Wildman–Crippen MR) is 77.6 cm³/mol. The monoisotopic (exact) mass is 260 g/mol. The van der Waals surface area contributed by atoms with Crippen molar-refractivity contribution >= 4 is 0 Å². The summed E-state index contributed by atoms with van der Waals surface area (Å²) < 4.78 is 5.56. The van der Waals surface area contributed by atoms with E-state index in [0.717, 1.165) is 50.9 Å². The zero-order valence-electron chi connectivity index (χ0n) is 11.6. The van der Waals surface area contributed by atoms with Crippen molar-refractivity contribution in [1.82, 2.24) is 4.90 Å². The molecule has 19 heavy (non-hydrogen) atoms. The highest BCUT2D eigenvalue weighted by Gasteiger charge is 2.24. The summed E-state index contributed by atoms with van der Waals surface area (Å²) >= 11 is 0. The first kappa shape index (κ1) is 12.9. The van der Waals surface area contributed by atoms with Gasteiger partial charge >= 0.3 is 0 Å². The van der Waals surface area contributed by atoms with Gasteiger partial charge in [0, 0.05) is 32.1 Å². The third-order valence-electron chi connectivity index (χ3n) is 4.45. The van der Waals surface area contributed by atoms with Crippen LogP contribution in [0.15, 0.2) is 18.2 Å². The van der Waals surface area contributed by atoms with Crippen LogP contribution in [0.1, 0.15) is 30.4 Å². The lowest BCUT2D eigenvalue weighted by molar-refractivity contribution is 0.132. The van der Waals surface area contributed by atoms with Crippen LogP contribution in [-0.2, 0) is 12.8 Å². The first-order valence-corrected chi connectivity index (χ1v) is 7.55. The van der Waals surface area contributed by atoms with E-state index in [0.29, 0.717) is 0 Å². The van der Waals surface area contributed by atoms with Crippen LogP contribution in [0.2, 0.25) is 0 Å². The lowest BCUT2D eigenvalue weighted by Crippen LogP contribution is -2.43. The molecule has 0 spiro atoms. The molecule has 0 unspecified atom stereocenters. The van der Waals surface area contributed by atoms with Crippen molar-refractivity contribution in [1.29, 1.82) is 0 Å². The second-order valence-corrected chi connectivity index (χ2v) is 5.70. The SMILES string of the molecule is NCCN(CCc1ccc2c(c1)CCO2)C1CCC1. The average molecular weight is 260 g/mol. The molecule has 1 saturated carbocycles. The van der Waals surface area contributed by atoms with Gasteiger partial charge in [0.2, 0.25) is 0 Å². The van der Waals surface area contributed by atoms with E-state index in [9.17, 15) is 0 Å². The van der Waals surface area contributed by atoms with Crippen molar-refractivity contribution in [3.05, 3.63) is 29.3 Å². The Kier molecular flexibility index (Phi) is 4.04. The van der Waals surface area contributed by atoms with E-state index < -0.39 is 0 Å². The number of hydrogen-bond acceptors (Lipinski definition) is 3. The van der Waals surface area contributed by atoms with Crippen LogP contribution in [0, 0.1) is 0 Å². The fourth-order valence-electron chi connectivity index (χ4n) is 3.06. The van der Waals surface area contributed by atoms with Gasteiger partial charge in [-0.25, -0.2) is 0 Å². The molecule has 1 aromatic rings. The smallest absolute Gasteiger partial charge is 0.122 e. The standard InChI is InChI=1S/C16H24N2O/c17-8-10-18(15-2-1-3-15)9-6-13-4-5-16-14(12-13)7-11-19-16/h4-5,12,15H,1-3,6-11,17H2. The zero-order chi connectivity index (χ0) is 13.1. The van der Waals surface area contributed by atoms with Gasteiger partial charge in [-0.3, -0.25) is 4.90 Å². The fraction of sp³-hybridized carbons (Fsp3) is 0.625. The molecule has 3 nitrogen and oxygen atoms in total. The second kappa shape index (κ2) is 5.93. The quantitative estimate of drug-likeness (QED) is 0.850. The molecule has 1 aliphatic carbocycles. The van der Waals surface area contributed by atoms with Gasteiger partial charge in [-0.05, 0) is 36.5 Å². The predicted octanol–water partition coefficient (Wildman–Crippen LogP) is 1.98. The molecule has 104 valence electrons. The second-order valence-electron chi connectivity index (χ2n) is 5.70. The number of nitrogens with zero attached hydrogens (tertiary/aromatic N) is 1. The number of nitrogens with two attached hydrogens (primary N) is 1. The molecule has 1 fully saturated rings. The molecule has 0 bridgehead atoms. The summed E-state index contributed by atoms with van der Waals surface area (Å²) in [5, 5.41) is 0. The van der Waals surface area contributed by atoms with E-state index in [-0.39, 0.29) is 0 Å². The highest BCUT2D eigenvalue weighted by Crippen LogP contribution is 2.27.